The molecule has 114 valence electrons. The highest BCUT2D eigenvalue weighted by Gasteiger charge is 2.23. The molecule has 1 amide bonds. The van der Waals surface area contributed by atoms with Crippen LogP contribution in [0.5, 0.6) is 0 Å². The van der Waals surface area contributed by atoms with Crippen LogP contribution < -0.4 is 5.32 Å². The smallest absolute Gasteiger partial charge is 0.270 e. The number of carbonyl (C=O) groups excluding carboxylic acids is 1. The van der Waals surface area contributed by atoms with Gasteiger partial charge in [0, 0.05) is 11.7 Å². The molecule has 4 nitrogen and oxygen atoms in total. The zero-order valence-corrected chi connectivity index (χ0v) is 14.8. The van der Waals surface area contributed by atoms with Crippen molar-refractivity contribution in [3.63, 3.8) is 0 Å². The lowest BCUT2D eigenvalue weighted by Crippen LogP contribution is -2.41. The first-order valence-corrected chi connectivity index (χ1v) is 8.02. The van der Waals surface area contributed by atoms with E-state index < -0.39 is 0 Å². The van der Waals surface area contributed by atoms with Gasteiger partial charge in [-0.1, -0.05) is 13.3 Å². The lowest BCUT2D eigenvalue weighted by atomic mass is 10.1. The fourth-order valence-corrected chi connectivity index (χ4v) is 2.97. The van der Waals surface area contributed by atoms with Crippen LogP contribution in [-0.4, -0.2) is 20.8 Å². The standard InChI is InChI=1S/C16H22BrN3O/c1-6-7-12-13(15(21)19-16(3,4)5)20-9-10(2)8-11(17)14(20)18-12/h8-9H,6-7H2,1-5H3,(H,19,21). The Kier molecular flexibility index (Phi) is 4.42. The topological polar surface area (TPSA) is 46.4 Å². The first kappa shape index (κ1) is 16.0. The van der Waals surface area contributed by atoms with Gasteiger partial charge in [0.1, 0.15) is 5.69 Å². The zero-order valence-electron chi connectivity index (χ0n) is 13.2. The molecule has 0 saturated carbocycles. The molecule has 0 aliphatic heterocycles. The van der Waals surface area contributed by atoms with E-state index in [0.717, 1.165) is 34.2 Å². The zero-order chi connectivity index (χ0) is 15.8. The average Bonchev–Trinajstić information content (AvgIpc) is 2.65. The van der Waals surface area contributed by atoms with Crippen molar-refractivity contribution in [2.75, 3.05) is 0 Å². The highest BCUT2D eigenvalue weighted by Crippen LogP contribution is 2.23. The van der Waals surface area contributed by atoms with E-state index in [1.807, 2.05) is 44.4 Å². The molecule has 0 aliphatic rings. The lowest BCUT2D eigenvalue weighted by molar-refractivity contribution is 0.0912. The Morgan fingerprint density at radius 1 is 1.43 bits per heavy atom. The van der Waals surface area contributed by atoms with Crippen LogP contribution in [-0.2, 0) is 6.42 Å². The van der Waals surface area contributed by atoms with Gasteiger partial charge in [0.25, 0.3) is 5.91 Å². The molecule has 5 heteroatoms. The molecule has 2 rings (SSSR count). The summed E-state index contributed by atoms with van der Waals surface area (Å²) in [6.07, 6.45) is 3.71. The van der Waals surface area contributed by atoms with Gasteiger partial charge in [0.05, 0.1) is 10.2 Å². The molecule has 0 fully saturated rings. The van der Waals surface area contributed by atoms with Crippen molar-refractivity contribution in [1.29, 1.82) is 0 Å². The molecule has 1 N–H and O–H groups in total. The second-order valence-corrected chi connectivity index (χ2v) is 7.27. The molecule has 21 heavy (non-hydrogen) atoms. The van der Waals surface area contributed by atoms with Crippen molar-refractivity contribution in [2.45, 2.75) is 53.0 Å². The fourth-order valence-electron chi connectivity index (χ4n) is 2.33. The molecule has 2 heterocycles. The van der Waals surface area contributed by atoms with Crippen LogP contribution in [0.25, 0.3) is 5.65 Å². The number of carbonyl (C=O) groups is 1. The van der Waals surface area contributed by atoms with E-state index in [9.17, 15) is 4.79 Å². The third-order valence-electron chi connectivity index (χ3n) is 3.07. The van der Waals surface area contributed by atoms with Gasteiger partial charge in [-0.2, -0.15) is 0 Å². The average molecular weight is 352 g/mol. The second kappa shape index (κ2) is 5.79. The van der Waals surface area contributed by atoms with Crippen molar-refractivity contribution in [2.24, 2.45) is 0 Å². The van der Waals surface area contributed by atoms with E-state index >= 15 is 0 Å². The predicted octanol–water partition coefficient (Wildman–Crippen LogP) is 3.89. The van der Waals surface area contributed by atoms with Crippen LogP contribution in [0, 0.1) is 6.92 Å². The molecule has 0 aromatic carbocycles. The molecule has 0 saturated heterocycles. The number of halogens is 1. The number of nitrogens with one attached hydrogen (secondary N) is 1. The van der Waals surface area contributed by atoms with Gasteiger partial charge in [-0.05, 0) is 61.7 Å². The van der Waals surface area contributed by atoms with Crippen molar-refractivity contribution in [3.8, 4) is 0 Å². The Morgan fingerprint density at radius 3 is 2.67 bits per heavy atom. The highest BCUT2D eigenvalue weighted by atomic mass is 79.9. The van der Waals surface area contributed by atoms with Crippen molar-refractivity contribution in [1.82, 2.24) is 14.7 Å². The molecule has 0 radical (unpaired) electrons. The van der Waals surface area contributed by atoms with E-state index in [2.05, 4.69) is 33.2 Å². The number of hydrogen-bond donors (Lipinski definition) is 1. The second-order valence-electron chi connectivity index (χ2n) is 6.42. The Morgan fingerprint density at radius 2 is 2.10 bits per heavy atom. The van der Waals surface area contributed by atoms with Gasteiger partial charge >= 0.3 is 0 Å². The molecule has 2 aromatic heterocycles. The van der Waals surface area contributed by atoms with E-state index in [-0.39, 0.29) is 11.4 Å². The van der Waals surface area contributed by atoms with Gasteiger partial charge in [-0.25, -0.2) is 4.98 Å². The Balaban J connectivity index is 2.63. The van der Waals surface area contributed by atoms with Gasteiger partial charge in [-0.15, -0.1) is 0 Å². The number of aryl methyl sites for hydroxylation is 2. The SMILES string of the molecule is CCCc1nc2c(Br)cc(C)cn2c1C(=O)NC(C)(C)C. The summed E-state index contributed by atoms with van der Waals surface area (Å²) >= 11 is 3.54. The van der Waals surface area contributed by atoms with Gasteiger partial charge in [0.2, 0.25) is 0 Å². The third-order valence-corrected chi connectivity index (χ3v) is 3.66. The Hall–Kier alpha value is -1.36. The Bertz CT molecular complexity index is 683. The van der Waals surface area contributed by atoms with Gasteiger partial charge in [-0.3, -0.25) is 9.20 Å². The maximum absolute atomic E-state index is 12.7. The van der Waals surface area contributed by atoms with E-state index in [4.69, 9.17) is 0 Å². The minimum Gasteiger partial charge on any atom is -0.346 e. The number of nitrogens with zero attached hydrogens (tertiary/aromatic N) is 2. The first-order valence-electron chi connectivity index (χ1n) is 7.22. The number of rotatable bonds is 3. The van der Waals surface area contributed by atoms with Crippen LogP contribution in [0.2, 0.25) is 0 Å². The van der Waals surface area contributed by atoms with Crippen LogP contribution in [0.15, 0.2) is 16.7 Å². The maximum Gasteiger partial charge on any atom is 0.270 e. The molecule has 0 aliphatic carbocycles. The minimum atomic E-state index is -0.272. The normalized spacial score (nSPS) is 11.9. The summed E-state index contributed by atoms with van der Waals surface area (Å²) < 4.78 is 2.81. The largest absolute Gasteiger partial charge is 0.346 e. The third kappa shape index (κ3) is 3.46. The summed E-state index contributed by atoms with van der Waals surface area (Å²) in [5.41, 5.74) is 3.10. The van der Waals surface area contributed by atoms with Crippen LogP contribution in [0.3, 0.4) is 0 Å². The van der Waals surface area contributed by atoms with Gasteiger partial charge in [0.15, 0.2) is 5.65 Å². The van der Waals surface area contributed by atoms with Crippen LogP contribution in [0.1, 0.15) is 55.9 Å². The van der Waals surface area contributed by atoms with Gasteiger partial charge < -0.3 is 5.32 Å². The van der Waals surface area contributed by atoms with Crippen molar-refractivity contribution in [3.05, 3.63) is 33.7 Å². The van der Waals surface area contributed by atoms with Crippen LogP contribution >= 0.6 is 15.9 Å². The number of imidazole rings is 1. The number of fused-ring (bicyclic) bond motifs is 1. The summed E-state index contributed by atoms with van der Waals surface area (Å²) in [6.45, 7) is 10.0. The summed E-state index contributed by atoms with van der Waals surface area (Å²) in [5, 5.41) is 3.04. The number of pyridine rings is 1. The molecule has 2 aromatic rings. The van der Waals surface area contributed by atoms with Crippen LogP contribution in [0.4, 0.5) is 0 Å². The van der Waals surface area contributed by atoms with E-state index in [1.54, 1.807) is 0 Å². The number of amides is 1. The van der Waals surface area contributed by atoms with E-state index in [1.165, 1.54) is 0 Å². The monoisotopic (exact) mass is 351 g/mol. The molecular formula is C16H22BrN3O. The Labute approximate surface area is 134 Å². The summed E-state index contributed by atoms with van der Waals surface area (Å²) in [5.74, 6) is -0.0732. The first-order chi connectivity index (χ1) is 9.73. The highest BCUT2D eigenvalue weighted by molar-refractivity contribution is 9.10. The molecular weight excluding hydrogens is 330 g/mol. The minimum absolute atomic E-state index is 0.0732. The van der Waals surface area contributed by atoms with Crippen molar-refractivity contribution < 1.29 is 4.79 Å². The lowest BCUT2D eigenvalue weighted by Gasteiger charge is -2.20. The maximum atomic E-state index is 12.7. The predicted molar refractivity (Wildman–Crippen MR) is 88.8 cm³/mol. The summed E-state index contributed by atoms with van der Waals surface area (Å²) in [7, 11) is 0. The fraction of sp³-hybridized carbons (Fsp3) is 0.500. The molecule has 0 spiro atoms. The quantitative estimate of drug-likeness (QED) is 0.911. The number of hydrogen-bond acceptors (Lipinski definition) is 2. The summed E-state index contributed by atoms with van der Waals surface area (Å²) in [4.78, 5) is 17.3. The molecule has 0 unspecified atom stereocenters. The molecule has 0 atom stereocenters. The van der Waals surface area contributed by atoms with E-state index in [0.29, 0.717) is 5.69 Å². The molecule has 0 bridgehead atoms. The summed E-state index contributed by atoms with van der Waals surface area (Å²) in [6, 6.07) is 2.02. The van der Waals surface area contributed by atoms with Crippen molar-refractivity contribution >= 4 is 27.5 Å². The number of aromatic nitrogens is 2.